The van der Waals surface area contributed by atoms with E-state index in [1.165, 1.54) is 54.7 Å². The minimum Gasteiger partial charge on any atom is -0.492 e. The van der Waals surface area contributed by atoms with Gasteiger partial charge < -0.3 is 92.8 Å². The zero-order valence-electron chi connectivity index (χ0n) is 81.9. The molecule has 0 fully saturated rings. The molecule has 0 saturated heterocycles. The largest absolute Gasteiger partial charge is 0.492 e. The van der Waals surface area contributed by atoms with Gasteiger partial charge in [0.05, 0.1) is 97.7 Å². The molecule has 5 amide bonds. The summed E-state index contributed by atoms with van der Waals surface area (Å²) < 4.78 is 128. The number of rotatable bonds is 20. The molecule has 4 unspecified atom stereocenters. The van der Waals surface area contributed by atoms with Gasteiger partial charge >= 0.3 is 24.4 Å². The molecule has 1 aliphatic heterocycles. The van der Waals surface area contributed by atoms with E-state index in [0.29, 0.717) is 86.7 Å². The molecule has 15 rings (SSSR count). The average Bonchev–Trinajstić information content (AvgIpc) is 1.52. The van der Waals surface area contributed by atoms with Gasteiger partial charge in [0.25, 0.3) is 5.91 Å². The summed E-state index contributed by atoms with van der Waals surface area (Å²) in [6.45, 7) is 31.6. The van der Waals surface area contributed by atoms with Gasteiger partial charge in [-0.05, 0) is 263 Å². The van der Waals surface area contributed by atoms with Crippen LogP contribution in [0.5, 0.6) is 46.0 Å². The maximum atomic E-state index is 14.5. The molecule has 0 radical (unpaired) electrons. The number of hydrogen-bond acceptors (Lipinski definition) is 23. The number of hydrogen-bond donors (Lipinski definition) is 7. The third kappa shape index (κ3) is 35.6. The maximum Gasteiger partial charge on any atom is 0.419 e. The summed E-state index contributed by atoms with van der Waals surface area (Å²) in [5, 5.41) is 7.03. The number of halogens is 15. The maximum absolute atomic E-state index is 14.5. The fourth-order valence-corrected chi connectivity index (χ4v) is 16.0. The van der Waals surface area contributed by atoms with Crippen molar-refractivity contribution in [3.05, 3.63) is 236 Å². The zero-order chi connectivity index (χ0) is 107. The molecule has 31 nitrogen and oxygen atoms in total. The second kappa shape index (κ2) is 56.2. The number of fused-ring (bicyclic) bond motifs is 6. The summed E-state index contributed by atoms with van der Waals surface area (Å²) in [6.07, 6.45) is 10.9. The van der Waals surface area contributed by atoms with Crippen LogP contribution in [0.3, 0.4) is 0 Å². The highest BCUT2D eigenvalue weighted by Crippen LogP contribution is 2.43. The molecule has 145 heavy (non-hydrogen) atoms. The molecule has 4 aromatic carbocycles. The van der Waals surface area contributed by atoms with Crippen molar-refractivity contribution in [2.24, 2.45) is 5.73 Å². The lowest BCUT2D eigenvalue weighted by atomic mass is 10.1. The Hall–Kier alpha value is -9.50. The summed E-state index contributed by atoms with van der Waals surface area (Å²) in [6, 6.07) is 23.8. The number of ether oxygens (including phenoxy) is 12. The summed E-state index contributed by atoms with van der Waals surface area (Å²) >= 11 is 46.5. The van der Waals surface area contributed by atoms with Gasteiger partial charge in [0.15, 0.2) is 0 Å². The van der Waals surface area contributed by atoms with E-state index in [1.807, 2.05) is 62.8 Å². The van der Waals surface area contributed by atoms with E-state index >= 15 is 0 Å². The molecule has 11 heterocycles. The summed E-state index contributed by atoms with van der Waals surface area (Å²) in [5.74, 6) is 0.610. The lowest BCUT2D eigenvalue weighted by Gasteiger charge is -2.28. The molecule has 782 valence electrons. The monoisotopic (exact) mass is 2640 g/mol. The third-order valence-corrected chi connectivity index (χ3v) is 23.0. The number of carbonyl (C=O) groups is 5. The summed E-state index contributed by atoms with van der Waals surface area (Å²) in [7, 11) is 0. The lowest BCUT2D eigenvalue weighted by molar-refractivity contribution is -0.00272. The number of nitrogens with zero attached hydrogens (tertiary/aromatic N) is 7. The van der Waals surface area contributed by atoms with E-state index < -0.39 is 94.5 Å². The molecular formula is C99H109BrCl6F4I4N14O17. The number of imide groups is 2. The van der Waals surface area contributed by atoms with E-state index in [4.69, 9.17) is 132 Å². The zero-order valence-corrected chi connectivity index (χ0v) is 96.7. The Morgan fingerprint density at radius 3 is 1.27 bits per heavy atom. The molecule has 0 saturated carbocycles. The van der Waals surface area contributed by atoms with Gasteiger partial charge in [0.2, 0.25) is 0 Å². The summed E-state index contributed by atoms with van der Waals surface area (Å²) in [4.78, 5) is 101. The van der Waals surface area contributed by atoms with Crippen molar-refractivity contribution in [3.63, 3.8) is 0 Å². The number of nitrogens with one attached hydrogen (secondary N) is 6. The van der Waals surface area contributed by atoms with Crippen LogP contribution in [0.15, 0.2) is 157 Å². The summed E-state index contributed by atoms with van der Waals surface area (Å²) in [5.41, 5.74) is 7.70. The number of alkyl halides is 2. The molecule has 0 aliphatic carbocycles. The molecule has 2 bridgehead atoms. The Morgan fingerprint density at radius 1 is 0.497 bits per heavy atom. The number of aromatic amines is 5. The van der Waals surface area contributed by atoms with E-state index in [9.17, 15) is 41.5 Å². The van der Waals surface area contributed by atoms with E-state index in [0.717, 1.165) is 54.3 Å². The Kier molecular flexibility index (Phi) is 46.8. The highest BCUT2D eigenvalue weighted by atomic mass is 128. The van der Waals surface area contributed by atoms with E-state index in [1.54, 1.807) is 160 Å². The van der Waals surface area contributed by atoms with Gasteiger partial charge in [0.1, 0.15) is 171 Å². The van der Waals surface area contributed by atoms with Crippen molar-refractivity contribution in [1.29, 1.82) is 0 Å². The van der Waals surface area contributed by atoms with Crippen LogP contribution in [0.25, 0.3) is 55.2 Å². The first kappa shape index (κ1) is 121. The number of amides is 5. The lowest BCUT2D eigenvalue weighted by Crippen LogP contribution is -2.45. The molecule has 46 heteroatoms. The van der Waals surface area contributed by atoms with Crippen molar-refractivity contribution in [3.8, 4) is 46.0 Å². The quantitative estimate of drug-likeness (QED) is 0.0161. The van der Waals surface area contributed by atoms with Gasteiger partial charge in [-0.3, -0.25) is 4.79 Å². The van der Waals surface area contributed by atoms with Gasteiger partial charge in [-0.15, -0.1) is 23.2 Å². The minimum atomic E-state index is -0.878. The van der Waals surface area contributed by atoms with Gasteiger partial charge in [-0.2, -0.15) is 0 Å². The molecule has 8 N–H and O–H groups in total. The standard InChI is InChI=1S/C27H32ClFIN3O6.C27H33ClFN3O6.C18H15ClFN3O3.C17H16ClFIN3O2.C7H5BrN2.C2H6.CH2Cl2.I2/c1-15(37-16-12-17-19(30)14-32-23(17)31-13-16)21-20(9-8-18(29)22(21)28)36-11-10-33(24(34)38-26(2,3)4)25(35)39-27(5,6)7;1-16(36-18-14-17-10-11-30-23(17)31-15-18)21-20(9-8-19(29)22(21)28)35-13-12-32(24(33)37-26(2,3)4)25(34)38-27(5,6)7;1-9-15-14(3-2-13(20)16(15)19)25-5-4-21-18(24)12-8-23-17-11(12)6-10(26-9)7-22-17;1-9(15-14(24-5-4-21)3-2-12(19)16(15)18)25-10-6-11-13(20)8-23-17(11)22-7-10;8-6-3-5-1-2-9-7(5)10-4-6;1-2;2-1-3;1-2/h8-9,12-15H,10-11H2,1-7H3,(H,31,32);8-11,14-16H,12-13H2,1-7H3,(H,30,31);2-3,6-9H,4-5H2,1H3,(H,21,24)(H,22,23);2-3,6-9H,4-5,21H2,1H3,(H,22,23);1-4H,(H,9,10);1-2H3;1H2;. The Labute approximate surface area is 924 Å². The van der Waals surface area contributed by atoms with Crippen LogP contribution in [0.1, 0.15) is 182 Å². The van der Waals surface area contributed by atoms with Crippen LogP contribution in [0, 0.1) is 30.4 Å². The topological polar surface area (TPSA) is 384 Å². The predicted molar refractivity (Wildman–Crippen MR) is 593 cm³/mol. The van der Waals surface area contributed by atoms with Gasteiger partial charge in [-0.1, -0.05) is 60.3 Å². The fraction of sp³-hybridized carbons (Fsp3) is 0.354. The average molecular weight is 2640 g/mol. The van der Waals surface area contributed by atoms with Crippen molar-refractivity contribution in [1.82, 2.24) is 65.0 Å². The first-order chi connectivity index (χ1) is 68.5. The van der Waals surface area contributed by atoms with Crippen LogP contribution in [-0.4, -0.2) is 170 Å². The number of pyridine rings is 5. The number of carbonyl (C=O) groups excluding carboxylic acids is 5. The molecule has 4 atom stereocenters. The first-order valence-electron chi connectivity index (χ1n) is 44.6. The number of aromatic nitrogens is 10. The normalized spacial score (nSPS) is 12.9. The Morgan fingerprint density at radius 2 is 0.855 bits per heavy atom. The van der Waals surface area contributed by atoms with Crippen molar-refractivity contribution < 1.29 is 98.4 Å². The van der Waals surface area contributed by atoms with Crippen LogP contribution < -0.4 is 48.9 Å². The second-order valence-electron chi connectivity index (χ2n) is 34.7. The fourth-order valence-electron chi connectivity index (χ4n) is 13.3. The van der Waals surface area contributed by atoms with E-state index in [2.05, 4.69) is 154 Å². The van der Waals surface area contributed by atoms with Crippen LogP contribution in [-0.2, 0) is 18.9 Å². The van der Waals surface area contributed by atoms with Crippen molar-refractivity contribution >= 4 is 253 Å². The molecule has 0 spiro atoms. The van der Waals surface area contributed by atoms with E-state index in [-0.39, 0.29) is 93.4 Å². The van der Waals surface area contributed by atoms with Crippen LogP contribution in [0.4, 0.5) is 36.7 Å². The highest BCUT2D eigenvalue weighted by Gasteiger charge is 2.35. The first-order valence-corrected chi connectivity index (χ1v) is 56.4. The molecule has 1 aliphatic rings. The van der Waals surface area contributed by atoms with Crippen LogP contribution in [0.2, 0.25) is 20.1 Å². The smallest absolute Gasteiger partial charge is 0.419 e. The minimum absolute atomic E-state index is 0.0210. The SMILES string of the molecule is Brc1cnc2[nH]ccc2c1.CC.CC(Oc1cnc2[nH]cc(I)c2c1)c1c(OCCN(C(=O)OC(C)(C)C)C(=O)OC(C)(C)C)ccc(F)c1Cl.CC(Oc1cnc2[nH]cc(I)c2c1)c1c(OCCN)ccc(F)c1Cl.CC(Oc1cnc2[nH]ccc2c1)c1c(OCCN(C(=O)OC(C)(C)C)C(=O)OC(C)(C)C)ccc(F)c1Cl.CC1Oc2cnc3[nH]cc(c3c2)C(=O)NCCOc2ccc(F)c(Cl)c21.ClCCl.II. The van der Waals surface area contributed by atoms with Gasteiger partial charge in [-0.25, -0.2) is 71.5 Å². The van der Waals surface area contributed by atoms with Gasteiger partial charge in [0, 0.05) is 120 Å². The molecule has 10 aromatic heterocycles. The highest BCUT2D eigenvalue weighted by molar-refractivity contribution is 15.0. The predicted octanol–water partition coefficient (Wildman–Crippen LogP) is 29.3. The molecular weight excluding hydrogens is 2530 g/mol. The molecule has 14 aromatic rings. The third-order valence-electron chi connectivity index (χ3n) is 19.3. The Bertz CT molecular complexity index is 6670. The number of benzene rings is 4. The van der Waals surface area contributed by atoms with Crippen LogP contribution >= 0.6 is 168 Å². The number of nitrogens with two attached hydrogens (primary N) is 1. The number of H-pyrrole nitrogens is 5. The Balaban J connectivity index is 0.000000226. The van der Waals surface area contributed by atoms with Crippen molar-refractivity contribution in [2.45, 2.75) is 171 Å². The van der Waals surface area contributed by atoms with Crippen molar-refractivity contribution in [2.75, 3.05) is 57.9 Å². The second-order valence-corrected chi connectivity index (χ2v) is 40.3.